The van der Waals surface area contributed by atoms with Crippen molar-refractivity contribution in [3.05, 3.63) is 36.7 Å². The summed E-state index contributed by atoms with van der Waals surface area (Å²) in [7, 11) is -3.41. The van der Waals surface area contributed by atoms with Crippen molar-refractivity contribution < 1.29 is 8.42 Å². The molecule has 2 N–H and O–H groups in total. The first-order chi connectivity index (χ1) is 9.54. The smallest absolute Gasteiger partial charge is 0.210 e. The fraction of sp³-hybridized carbons (Fsp3) is 0.167. The number of aromatic nitrogens is 3. The molecular weight excluding hydrogens is 296 g/mol. The van der Waals surface area contributed by atoms with Crippen molar-refractivity contribution in [2.75, 3.05) is 11.5 Å². The molecule has 0 saturated carbocycles. The molecule has 3 aromatic rings. The molecule has 0 saturated heterocycles. The lowest BCUT2D eigenvalue weighted by Gasteiger charge is -2.00. The van der Waals surface area contributed by atoms with E-state index in [2.05, 4.69) is 10.1 Å². The second-order valence-corrected chi connectivity index (χ2v) is 7.61. The molecule has 0 aliphatic rings. The van der Waals surface area contributed by atoms with Crippen LogP contribution < -0.4 is 5.73 Å². The zero-order chi connectivity index (χ0) is 14.2. The number of fused-ring (bicyclic) bond motifs is 1. The molecule has 0 amide bonds. The number of thiazole rings is 1. The highest BCUT2D eigenvalue weighted by Crippen LogP contribution is 2.27. The van der Waals surface area contributed by atoms with Crippen molar-refractivity contribution in [1.82, 2.24) is 14.8 Å². The van der Waals surface area contributed by atoms with Gasteiger partial charge in [0.05, 0.1) is 22.5 Å². The molecule has 0 aliphatic heterocycles. The summed E-state index contributed by atoms with van der Waals surface area (Å²) in [6, 6.07) is 6.93. The number of nitrogens with zero attached hydrogens (tertiary/aromatic N) is 3. The predicted octanol–water partition coefficient (Wildman–Crippen LogP) is 1.55. The Bertz CT molecular complexity index is 838. The van der Waals surface area contributed by atoms with Gasteiger partial charge in [0.2, 0.25) is 14.2 Å². The number of hydrogen-bond donors (Lipinski definition) is 1. The van der Waals surface area contributed by atoms with Crippen LogP contribution in [0.4, 0.5) is 5.69 Å². The van der Waals surface area contributed by atoms with Crippen molar-refractivity contribution in [3.63, 3.8) is 0 Å². The van der Waals surface area contributed by atoms with Gasteiger partial charge in [-0.05, 0) is 24.3 Å². The fourth-order valence-corrected chi connectivity index (χ4v) is 4.40. The first-order valence-corrected chi connectivity index (χ1v) is 8.38. The Morgan fingerprint density at radius 3 is 2.95 bits per heavy atom. The monoisotopic (exact) mass is 308 g/mol. The van der Waals surface area contributed by atoms with Crippen LogP contribution in [0.15, 0.2) is 41.0 Å². The van der Waals surface area contributed by atoms with Crippen LogP contribution in [-0.2, 0) is 16.4 Å². The van der Waals surface area contributed by atoms with Gasteiger partial charge in [-0.15, -0.1) is 11.3 Å². The van der Waals surface area contributed by atoms with Crippen LogP contribution in [0, 0.1) is 0 Å². The molecule has 0 radical (unpaired) electrons. The van der Waals surface area contributed by atoms with Gasteiger partial charge in [-0.1, -0.05) is 0 Å². The number of rotatable bonds is 4. The van der Waals surface area contributed by atoms with Crippen LogP contribution >= 0.6 is 11.3 Å². The fourth-order valence-electron chi connectivity index (χ4n) is 1.79. The van der Waals surface area contributed by atoms with E-state index < -0.39 is 9.84 Å². The molecule has 8 heteroatoms. The molecule has 0 fully saturated rings. The van der Waals surface area contributed by atoms with E-state index in [1.807, 2.05) is 0 Å². The third-order valence-corrected chi connectivity index (χ3v) is 5.98. The summed E-state index contributed by atoms with van der Waals surface area (Å²) < 4.78 is 27.0. The average molecular weight is 308 g/mol. The summed E-state index contributed by atoms with van der Waals surface area (Å²) >= 11 is 1.15. The topological polar surface area (TPSA) is 90.9 Å². The zero-order valence-corrected chi connectivity index (χ0v) is 12.1. The van der Waals surface area contributed by atoms with Gasteiger partial charge in [0.1, 0.15) is 0 Å². The molecule has 1 aromatic carbocycles. The molecule has 0 unspecified atom stereocenters. The number of sulfone groups is 1. The number of nitrogen functional groups attached to an aromatic ring is 1. The SMILES string of the molecule is Nc1ccc2nc(S(=O)(=O)CCn3cccn3)sc2c1. The molecule has 3 rings (SSSR count). The van der Waals surface area contributed by atoms with E-state index in [-0.39, 0.29) is 10.1 Å². The van der Waals surface area contributed by atoms with Crippen LogP contribution in [-0.4, -0.2) is 28.9 Å². The predicted molar refractivity (Wildman–Crippen MR) is 78.3 cm³/mol. The molecule has 6 nitrogen and oxygen atoms in total. The Balaban J connectivity index is 1.88. The van der Waals surface area contributed by atoms with Gasteiger partial charge in [-0.2, -0.15) is 5.10 Å². The number of nitrogens with two attached hydrogens (primary N) is 1. The summed E-state index contributed by atoms with van der Waals surface area (Å²) in [5, 5.41) is 3.99. The molecule has 0 spiro atoms. The van der Waals surface area contributed by atoms with Crippen molar-refractivity contribution in [1.29, 1.82) is 0 Å². The highest BCUT2D eigenvalue weighted by atomic mass is 32.2. The molecule has 0 bridgehead atoms. The van der Waals surface area contributed by atoms with E-state index in [1.165, 1.54) is 0 Å². The second kappa shape index (κ2) is 4.88. The third kappa shape index (κ3) is 2.52. The van der Waals surface area contributed by atoms with Gasteiger partial charge in [0.25, 0.3) is 0 Å². The van der Waals surface area contributed by atoms with Crippen molar-refractivity contribution in [2.24, 2.45) is 0 Å². The summed E-state index contributed by atoms with van der Waals surface area (Å²) in [5.74, 6) is -0.0238. The summed E-state index contributed by atoms with van der Waals surface area (Å²) in [5.41, 5.74) is 6.94. The van der Waals surface area contributed by atoms with Crippen molar-refractivity contribution in [3.8, 4) is 0 Å². The minimum absolute atomic E-state index is 0.0238. The van der Waals surface area contributed by atoms with Crippen LogP contribution in [0.25, 0.3) is 10.2 Å². The number of aryl methyl sites for hydroxylation is 1. The van der Waals surface area contributed by atoms with Crippen molar-refractivity contribution >= 4 is 37.1 Å². The highest BCUT2D eigenvalue weighted by molar-refractivity contribution is 7.93. The Labute approximate surface area is 119 Å². The van der Waals surface area contributed by atoms with E-state index >= 15 is 0 Å². The normalized spacial score (nSPS) is 12.0. The van der Waals surface area contributed by atoms with E-state index in [1.54, 1.807) is 41.3 Å². The summed E-state index contributed by atoms with van der Waals surface area (Å²) in [6.45, 7) is 0.313. The first-order valence-electron chi connectivity index (χ1n) is 5.91. The average Bonchev–Trinajstić information content (AvgIpc) is 3.05. The second-order valence-electron chi connectivity index (χ2n) is 4.29. The maximum atomic E-state index is 12.3. The lowest BCUT2D eigenvalue weighted by atomic mass is 10.3. The molecule has 0 aliphatic carbocycles. The Kier molecular flexibility index (Phi) is 3.19. The standard InChI is InChI=1S/C12H12N4O2S2/c13-9-2-3-10-11(8-9)19-12(15-10)20(17,18)7-6-16-5-1-4-14-16/h1-5,8H,6-7,13H2. The van der Waals surface area contributed by atoms with Crippen LogP contribution in [0.2, 0.25) is 0 Å². The molecule has 20 heavy (non-hydrogen) atoms. The quantitative estimate of drug-likeness (QED) is 0.738. The van der Waals surface area contributed by atoms with Crippen molar-refractivity contribution in [2.45, 2.75) is 10.9 Å². The summed E-state index contributed by atoms with van der Waals surface area (Å²) in [4.78, 5) is 4.17. The Morgan fingerprint density at radius 2 is 2.20 bits per heavy atom. The minimum atomic E-state index is -3.41. The molecule has 2 heterocycles. The van der Waals surface area contributed by atoms with E-state index in [0.29, 0.717) is 17.7 Å². The largest absolute Gasteiger partial charge is 0.399 e. The van der Waals surface area contributed by atoms with Crippen LogP contribution in [0.1, 0.15) is 0 Å². The third-order valence-electron chi connectivity index (χ3n) is 2.81. The molecule has 2 aromatic heterocycles. The van der Waals surface area contributed by atoms with Crippen LogP contribution in [0.5, 0.6) is 0 Å². The van der Waals surface area contributed by atoms with Crippen LogP contribution in [0.3, 0.4) is 0 Å². The summed E-state index contributed by atoms with van der Waals surface area (Å²) in [6.07, 6.45) is 3.35. The number of benzene rings is 1. The molecular formula is C12H12N4O2S2. The van der Waals surface area contributed by atoms with Gasteiger partial charge in [-0.25, -0.2) is 13.4 Å². The van der Waals surface area contributed by atoms with E-state index in [4.69, 9.17) is 5.73 Å². The lowest BCUT2D eigenvalue weighted by molar-refractivity contribution is 0.580. The van der Waals surface area contributed by atoms with Gasteiger partial charge in [0.15, 0.2) is 0 Å². The first kappa shape index (κ1) is 13.1. The number of hydrogen-bond acceptors (Lipinski definition) is 6. The maximum Gasteiger partial charge on any atom is 0.210 e. The lowest BCUT2D eigenvalue weighted by Crippen LogP contribution is -2.13. The highest BCUT2D eigenvalue weighted by Gasteiger charge is 2.19. The van der Waals surface area contributed by atoms with Gasteiger partial charge in [0, 0.05) is 18.1 Å². The maximum absolute atomic E-state index is 12.3. The van der Waals surface area contributed by atoms with E-state index in [0.717, 1.165) is 16.0 Å². The Morgan fingerprint density at radius 1 is 1.35 bits per heavy atom. The van der Waals surface area contributed by atoms with Gasteiger partial charge >= 0.3 is 0 Å². The van der Waals surface area contributed by atoms with E-state index in [9.17, 15) is 8.42 Å². The zero-order valence-electron chi connectivity index (χ0n) is 10.4. The van der Waals surface area contributed by atoms with Gasteiger partial charge < -0.3 is 5.73 Å². The minimum Gasteiger partial charge on any atom is -0.399 e. The molecule has 0 atom stereocenters. The Hall–Kier alpha value is -1.93. The van der Waals surface area contributed by atoms with Gasteiger partial charge in [-0.3, -0.25) is 4.68 Å². The molecule has 104 valence electrons. The number of anilines is 1.